The molecule has 0 N–H and O–H groups in total. The Kier molecular flexibility index (Phi) is 4.75. The van der Waals surface area contributed by atoms with Crippen molar-refractivity contribution in [3.63, 3.8) is 0 Å². The van der Waals surface area contributed by atoms with E-state index >= 15 is 0 Å². The molecule has 1 aromatic rings. The summed E-state index contributed by atoms with van der Waals surface area (Å²) in [6, 6.07) is 2.89. The number of Topliss-reactive ketones (excluding diaryl/α,β-unsaturated/α-hetero) is 1. The van der Waals surface area contributed by atoms with Crippen molar-refractivity contribution in [1.82, 2.24) is 0 Å². The Morgan fingerprint density at radius 3 is 1.90 bits per heavy atom. The summed E-state index contributed by atoms with van der Waals surface area (Å²) in [6.45, 7) is 0. The van der Waals surface area contributed by atoms with Crippen molar-refractivity contribution >= 4 is 5.78 Å². The lowest BCUT2D eigenvalue weighted by atomic mass is 9.95. The van der Waals surface area contributed by atoms with Gasteiger partial charge < -0.3 is 9.47 Å². The fourth-order valence-corrected chi connectivity index (χ4v) is 1.64. The topological polar surface area (TPSA) is 35.5 Å². The molecule has 118 valence electrons. The Hall–Kier alpha value is -1.93. The summed E-state index contributed by atoms with van der Waals surface area (Å²) in [5.74, 6) is -6.54. The second kappa shape index (κ2) is 5.82. The van der Waals surface area contributed by atoms with Crippen molar-refractivity contribution in [3.8, 4) is 11.5 Å². The van der Waals surface area contributed by atoms with Crippen LogP contribution in [0.2, 0.25) is 0 Å². The molecular formula is C12H10F6O3. The van der Waals surface area contributed by atoms with Crippen molar-refractivity contribution in [1.29, 1.82) is 0 Å². The summed E-state index contributed by atoms with van der Waals surface area (Å²) in [5, 5.41) is 0. The lowest BCUT2D eigenvalue weighted by Gasteiger charge is -2.22. The molecule has 1 aromatic carbocycles. The van der Waals surface area contributed by atoms with E-state index in [-0.39, 0.29) is 5.75 Å². The Balaban J connectivity index is 3.34. The van der Waals surface area contributed by atoms with Crippen molar-refractivity contribution in [2.45, 2.75) is 12.4 Å². The molecule has 3 nitrogen and oxygen atoms in total. The van der Waals surface area contributed by atoms with Crippen LogP contribution in [0.15, 0.2) is 18.2 Å². The molecule has 0 saturated carbocycles. The molecule has 0 radical (unpaired) electrons. The number of carbonyl (C=O) groups excluding carboxylic acids is 1. The van der Waals surface area contributed by atoms with Gasteiger partial charge in [0.1, 0.15) is 11.5 Å². The highest BCUT2D eigenvalue weighted by atomic mass is 19.4. The average Bonchev–Trinajstić information content (AvgIpc) is 2.34. The minimum atomic E-state index is -5.75. The van der Waals surface area contributed by atoms with Crippen LogP contribution in [0.1, 0.15) is 10.4 Å². The minimum absolute atomic E-state index is 0.124. The molecule has 0 aliphatic heterocycles. The van der Waals surface area contributed by atoms with E-state index in [2.05, 4.69) is 4.74 Å². The van der Waals surface area contributed by atoms with Crippen molar-refractivity contribution in [2.75, 3.05) is 14.2 Å². The van der Waals surface area contributed by atoms with Gasteiger partial charge in [0.05, 0.1) is 19.8 Å². The van der Waals surface area contributed by atoms with E-state index in [1.54, 1.807) is 0 Å². The largest absolute Gasteiger partial charge is 0.497 e. The number of halogens is 6. The maximum Gasteiger partial charge on any atom is 0.407 e. The minimum Gasteiger partial charge on any atom is -0.497 e. The number of carbonyl (C=O) groups is 1. The van der Waals surface area contributed by atoms with Crippen molar-refractivity contribution in [3.05, 3.63) is 23.8 Å². The fourth-order valence-electron chi connectivity index (χ4n) is 1.64. The summed E-state index contributed by atoms with van der Waals surface area (Å²) >= 11 is 0. The first-order valence-electron chi connectivity index (χ1n) is 5.42. The first kappa shape index (κ1) is 17.1. The van der Waals surface area contributed by atoms with Crippen LogP contribution in [0.4, 0.5) is 26.3 Å². The Morgan fingerprint density at radius 1 is 1.00 bits per heavy atom. The molecule has 0 bridgehead atoms. The normalized spacial score (nSPS) is 12.4. The number of ketones is 1. The van der Waals surface area contributed by atoms with Gasteiger partial charge in [-0.15, -0.1) is 0 Å². The standard InChI is InChI=1S/C12H10F6O3/c1-20-6-3-4-7(8(5-6)21-2)9(19)10(11(13,14)15)12(16,17)18/h3-5,10H,1-2H3. The highest BCUT2D eigenvalue weighted by molar-refractivity contribution is 6.01. The Bertz CT molecular complexity index is 507. The molecule has 0 aromatic heterocycles. The third kappa shape index (κ3) is 3.79. The van der Waals surface area contributed by atoms with E-state index in [0.717, 1.165) is 25.3 Å². The summed E-state index contributed by atoms with van der Waals surface area (Å²) in [4.78, 5) is 11.7. The molecule has 9 heteroatoms. The number of alkyl halides is 6. The SMILES string of the molecule is COc1ccc(C(=O)C(C(F)(F)F)C(F)(F)F)c(OC)c1. The van der Waals surface area contributed by atoms with E-state index < -0.39 is 35.4 Å². The van der Waals surface area contributed by atoms with Crippen LogP contribution < -0.4 is 9.47 Å². The monoisotopic (exact) mass is 316 g/mol. The number of methoxy groups -OCH3 is 2. The predicted molar refractivity (Wildman–Crippen MR) is 59.5 cm³/mol. The number of ether oxygens (including phenoxy) is 2. The third-order valence-corrected chi connectivity index (χ3v) is 2.59. The molecule has 1 rings (SSSR count). The van der Waals surface area contributed by atoms with Crippen LogP contribution in [0, 0.1) is 5.92 Å². The van der Waals surface area contributed by atoms with E-state index in [9.17, 15) is 31.1 Å². The van der Waals surface area contributed by atoms with Gasteiger partial charge in [-0.05, 0) is 12.1 Å². The molecule has 0 saturated heterocycles. The molecule has 0 aliphatic carbocycles. The summed E-state index contributed by atoms with van der Waals surface area (Å²) < 4.78 is 84.6. The zero-order chi connectivity index (χ0) is 16.4. The highest BCUT2D eigenvalue weighted by Crippen LogP contribution is 2.42. The van der Waals surface area contributed by atoms with Crippen LogP contribution in [0.25, 0.3) is 0 Å². The molecule has 0 aliphatic rings. The van der Waals surface area contributed by atoms with E-state index in [1.807, 2.05) is 0 Å². The van der Waals surface area contributed by atoms with Gasteiger partial charge in [0.25, 0.3) is 0 Å². The highest BCUT2D eigenvalue weighted by Gasteiger charge is 2.61. The molecule has 0 heterocycles. The van der Waals surface area contributed by atoms with Gasteiger partial charge in [0, 0.05) is 6.07 Å². The van der Waals surface area contributed by atoms with Gasteiger partial charge >= 0.3 is 12.4 Å². The summed E-state index contributed by atoms with van der Waals surface area (Å²) in [5.41, 5.74) is -0.821. The van der Waals surface area contributed by atoms with Gasteiger partial charge in [-0.25, -0.2) is 0 Å². The number of hydrogen-bond acceptors (Lipinski definition) is 3. The lowest BCUT2D eigenvalue weighted by Crippen LogP contribution is -2.42. The molecule has 21 heavy (non-hydrogen) atoms. The first-order valence-corrected chi connectivity index (χ1v) is 5.42. The molecule has 0 spiro atoms. The van der Waals surface area contributed by atoms with Crippen molar-refractivity contribution < 1.29 is 40.6 Å². The van der Waals surface area contributed by atoms with E-state index in [0.29, 0.717) is 0 Å². The molecular weight excluding hydrogens is 306 g/mol. The van der Waals surface area contributed by atoms with Crippen LogP contribution in [-0.2, 0) is 0 Å². The average molecular weight is 316 g/mol. The van der Waals surface area contributed by atoms with Crippen LogP contribution >= 0.6 is 0 Å². The Morgan fingerprint density at radius 2 is 1.52 bits per heavy atom. The molecule has 0 amide bonds. The van der Waals surface area contributed by atoms with Crippen LogP contribution in [0.5, 0.6) is 11.5 Å². The quantitative estimate of drug-likeness (QED) is 0.628. The van der Waals surface area contributed by atoms with E-state index in [1.165, 1.54) is 7.11 Å². The number of benzene rings is 1. The second-order valence-corrected chi connectivity index (χ2v) is 3.95. The van der Waals surface area contributed by atoms with Gasteiger partial charge in [0.15, 0.2) is 5.78 Å². The first-order chi connectivity index (χ1) is 9.52. The molecule has 0 fully saturated rings. The van der Waals surface area contributed by atoms with Gasteiger partial charge in [-0.3, -0.25) is 4.79 Å². The smallest absolute Gasteiger partial charge is 0.407 e. The zero-order valence-corrected chi connectivity index (χ0v) is 10.8. The van der Waals surface area contributed by atoms with Crippen molar-refractivity contribution in [2.24, 2.45) is 5.92 Å². The van der Waals surface area contributed by atoms with Gasteiger partial charge in [-0.1, -0.05) is 0 Å². The van der Waals surface area contributed by atoms with Crippen LogP contribution in [0.3, 0.4) is 0 Å². The second-order valence-electron chi connectivity index (χ2n) is 3.95. The van der Waals surface area contributed by atoms with Gasteiger partial charge in [-0.2, -0.15) is 26.3 Å². The van der Waals surface area contributed by atoms with Gasteiger partial charge in [0.2, 0.25) is 5.92 Å². The van der Waals surface area contributed by atoms with Crippen LogP contribution in [-0.4, -0.2) is 32.4 Å². The number of rotatable bonds is 4. The fraction of sp³-hybridized carbons (Fsp3) is 0.417. The predicted octanol–water partition coefficient (Wildman–Crippen LogP) is 3.63. The third-order valence-electron chi connectivity index (χ3n) is 2.59. The van der Waals surface area contributed by atoms with E-state index in [4.69, 9.17) is 4.74 Å². The number of hydrogen-bond donors (Lipinski definition) is 0. The summed E-state index contributed by atoms with van der Waals surface area (Å²) in [7, 11) is 2.26. The maximum atomic E-state index is 12.5. The maximum absolute atomic E-state index is 12.5. The lowest BCUT2D eigenvalue weighted by molar-refractivity contribution is -0.264. The zero-order valence-electron chi connectivity index (χ0n) is 10.8. The molecule has 0 atom stereocenters. The molecule has 0 unspecified atom stereocenters. The summed E-state index contributed by atoms with van der Waals surface area (Å²) in [6.07, 6.45) is -11.5. The Labute approximate surface area is 115 Å².